The molecular weight excluding hydrogens is 440 g/mol. The number of likely N-dealkylation sites (N-methyl/N-ethyl adjacent to an activating group) is 1. The Kier molecular flexibility index (Phi) is 9.65. The lowest BCUT2D eigenvalue weighted by atomic mass is 10.3. The van der Waals surface area contributed by atoms with Crippen LogP contribution in [0.4, 0.5) is 5.95 Å². The number of ether oxygens (including phenoxy) is 1. The predicted octanol–water partition coefficient (Wildman–Crippen LogP) is -1.53. The summed E-state index contributed by atoms with van der Waals surface area (Å²) in [5, 5.41) is 17.4. The van der Waals surface area contributed by atoms with Crippen molar-refractivity contribution in [3.8, 4) is 0 Å². The van der Waals surface area contributed by atoms with E-state index < -0.39 is 17.4 Å². The Morgan fingerprint density at radius 3 is 2.50 bits per heavy atom. The van der Waals surface area contributed by atoms with Crippen molar-refractivity contribution < 1.29 is 9.84 Å². The zero-order valence-corrected chi connectivity index (χ0v) is 20.9. The maximum atomic E-state index is 13.0. The number of aryl methyl sites for hydroxylation is 1. The summed E-state index contributed by atoms with van der Waals surface area (Å²) in [6.07, 6.45) is -0.726. The van der Waals surface area contributed by atoms with Gasteiger partial charge < -0.3 is 29.9 Å². The van der Waals surface area contributed by atoms with Gasteiger partial charge in [0.05, 0.1) is 25.9 Å². The van der Waals surface area contributed by atoms with Crippen LogP contribution in [0.15, 0.2) is 9.59 Å². The summed E-state index contributed by atoms with van der Waals surface area (Å²) in [6, 6.07) is 0. The van der Waals surface area contributed by atoms with E-state index in [4.69, 9.17) is 4.74 Å². The van der Waals surface area contributed by atoms with Crippen molar-refractivity contribution in [2.24, 2.45) is 14.1 Å². The average molecular weight is 481 g/mol. The normalized spacial score (nSPS) is 15.9. The van der Waals surface area contributed by atoms with E-state index in [-0.39, 0.29) is 6.54 Å². The van der Waals surface area contributed by atoms with Gasteiger partial charge in [-0.3, -0.25) is 18.8 Å². The van der Waals surface area contributed by atoms with Crippen molar-refractivity contribution in [1.29, 1.82) is 0 Å². The Hall–Kier alpha value is -2.25. The second-order valence-corrected chi connectivity index (χ2v) is 8.69. The Labute approximate surface area is 200 Å². The molecule has 12 nitrogen and oxygen atoms in total. The van der Waals surface area contributed by atoms with Gasteiger partial charge in [-0.05, 0) is 13.1 Å². The molecule has 2 aromatic rings. The molecule has 2 aromatic heterocycles. The molecule has 0 saturated carbocycles. The molecule has 0 radical (unpaired) electrons. The van der Waals surface area contributed by atoms with Crippen LogP contribution in [0.5, 0.6) is 0 Å². The quantitative estimate of drug-likeness (QED) is 0.293. The van der Waals surface area contributed by atoms with Crippen LogP contribution in [-0.2, 0) is 25.4 Å². The number of imidazole rings is 1. The molecule has 3 heterocycles. The number of aliphatic hydroxyl groups is 1. The first kappa shape index (κ1) is 26.4. The number of hydrogen-bond acceptors (Lipinski definition) is 9. The number of rotatable bonds is 13. The lowest BCUT2D eigenvalue weighted by molar-refractivity contribution is 0.0398. The van der Waals surface area contributed by atoms with E-state index in [1.54, 1.807) is 11.6 Å². The van der Waals surface area contributed by atoms with Gasteiger partial charge in [0.15, 0.2) is 11.2 Å². The first-order valence-electron chi connectivity index (χ1n) is 12.2. The van der Waals surface area contributed by atoms with Gasteiger partial charge in [-0.15, -0.1) is 0 Å². The Bertz CT molecular complexity index is 1040. The summed E-state index contributed by atoms with van der Waals surface area (Å²) < 4.78 is 9.55. The van der Waals surface area contributed by atoms with Crippen LogP contribution in [0.1, 0.15) is 13.8 Å². The molecule has 0 aliphatic carbocycles. The van der Waals surface area contributed by atoms with E-state index in [0.717, 1.165) is 63.6 Å². The Morgan fingerprint density at radius 1 is 1.12 bits per heavy atom. The van der Waals surface area contributed by atoms with E-state index in [1.807, 2.05) is 0 Å². The largest absolute Gasteiger partial charge is 0.390 e. The number of aliphatic hydroxyl groups excluding tert-OH is 1. The fourth-order valence-electron chi connectivity index (χ4n) is 4.23. The number of fused-ring (bicyclic) bond motifs is 1. The van der Waals surface area contributed by atoms with Gasteiger partial charge in [-0.1, -0.05) is 13.8 Å². The maximum absolute atomic E-state index is 13.0. The fourth-order valence-corrected chi connectivity index (χ4v) is 4.23. The first-order valence-corrected chi connectivity index (χ1v) is 12.2. The standard InChI is InChI=1S/C22H40N8O4/c1-5-28(6-2)9-7-23-15-17(31)16-30-18-19(26(3)22(33)27(4)20(18)32)25-21(30)24-8-10-29-11-13-34-14-12-29/h17,23,31H,5-16H2,1-4H3,(H,24,25). The van der Waals surface area contributed by atoms with Crippen molar-refractivity contribution >= 4 is 17.1 Å². The van der Waals surface area contributed by atoms with Gasteiger partial charge in [-0.25, -0.2) is 4.79 Å². The van der Waals surface area contributed by atoms with Crippen LogP contribution in [0.3, 0.4) is 0 Å². The Balaban J connectivity index is 1.75. The summed E-state index contributed by atoms with van der Waals surface area (Å²) in [6.45, 7) is 13.1. The molecule has 1 saturated heterocycles. The third-order valence-corrected chi connectivity index (χ3v) is 6.44. The highest BCUT2D eigenvalue weighted by Gasteiger charge is 2.21. The number of anilines is 1. The van der Waals surface area contributed by atoms with Gasteiger partial charge in [-0.2, -0.15) is 4.98 Å². The number of nitrogens with one attached hydrogen (secondary N) is 2. The molecule has 1 atom stereocenters. The van der Waals surface area contributed by atoms with E-state index >= 15 is 0 Å². The van der Waals surface area contributed by atoms with E-state index in [9.17, 15) is 14.7 Å². The van der Waals surface area contributed by atoms with Crippen LogP contribution < -0.4 is 21.9 Å². The SMILES string of the molecule is CCN(CC)CCNCC(O)Cn1c(NCCN2CCOCC2)nc2c1c(=O)n(C)c(=O)n2C. The highest BCUT2D eigenvalue weighted by Crippen LogP contribution is 2.16. The first-order chi connectivity index (χ1) is 16.4. The second-order valence-electron chi connectivity index (χ2n) is 8.69. The molecule has 1 aliphatic rings. The molecule has 0 spiro atoms. The van der Waals surface area contributed by atoms with Crippen molar-refractivity contribution in [3.05, 3.63) is 20.8 Å². The van der Waals surface area contributed by atoms with Gasteiger partial charge in [0.25, 0.3) is 5.56 Å². The second kappa shape index (κ2) is 12.5. The van der Waals surface area contributed by atoms with Gasteiger partial charge >= 0.3 is 5.69 Å². The summed E-state index contributed by atoms with van der Waals surface area (Å²) >= 11 is 0. The molecule has 12 heteroatoms. The van der Waals surface area contributed by atoms with Gasteiger partial charge in [0, 0.05) is 59.9 Å². The van der Waals surface area contributed by atoms with E-state index in [1.165, 1.54) is 11.6 Å². The van der Waals surface area contributed by atoms with Crippen LogP contribution >= 0.6 is 0 Å². The van der Waals surface area contributed by atoms with Crippen LogP contribution in [0, 0.1) is 0 Å². The molecule has 0 aromatic carbocycles. The summed E-state index contributed by atoms with van der Waals surface area (Å²) in [7, 11) is 3.06. The highest BCUT2D eigenvalue weighted by molar-refractivity contribution is 5.74. The molecule has 3 rings (SSSR count). The minimum absolute atomic E-state index is 0.183. The predicted molar refractivity (Wildman–Crippen MR) is 133 cm³/mol. The molecule has 34 heavy (non-hydrogen) atoms. The molecular formula is C22H40N8O4. The minimum Gasteiger partial charge on any atom is -0.390 e. The molecule has 1 fully saturated rings. The number of aromatic nitrogens is 4. The third-order valence-electron chi connectivity index (χ3n) is 6.44. The number of morpholine rings is 1. The summed E-state index contributed by atoms with van der Waals surface area (Å²) in [5.74, 6) is 0.476. The number of hydrogen-bond donors (Lipinski definition) is 3. The molecule has 1 aliphatic heterocycles. The zero-order chi connectivity index (χ0) is 24.7. The van der Waals surface area contributed by atoms with Gasteiger partial charge in [0.2, 0.25) is 5.95 Å². The van der Waals surface area contributed by atoms with Crippen molar-refractivity contribution in [2.75, 3.05) is 77.4 Å². The van der Waals surface area contributed by atoms with E-state index in [2.05, 4.69) is 39.3 Å². The molecule has 192 valence electrons. The highest BCUT2D eigenvalue weighted by atomic mass is 16.5. The minimum atomic E-state index is -0.726. The van der Waals surface area contributed by atoms with Crippen LogP contribution in [-0.4, -0.2) is 112 Å². The topological polar surface area (TPSA) is 122 Å². The van der Waals surface area contributed by atoms with Crippen molar-refractivity contribution in [2.45, 2.75) is 26.5 Å². The van der Waals surface area contributed by atoms with Crippen LogP contribution in [0.2, 0.25) is 0 Å². The van der Waals surface area contributed by atoms with Crippen LogP contribution in [0.25, 0.3) is 11.2 Å². The monoisotopic (exact) mass is 480 g/mol. The lowest BCUT2D eigenvalue weighted by Gasteiger charge is -2.26. The van der Waals surface area contributed by atoms with Gasteiger partial charge in [0.1, 0.15) is 0 Å². The zero-order valence-electron chi connectivity index (χ0n) is 20.9. The molecule has 3 N–H and O–H groups in total. The fraction of sp³-hybridized carbons (Fsp3) is 0.773. The Morgan fingerprint density at radius 2 is 1.82 bits per heavy atom. The molecule has 1 unspecified atom stereocenters. The average Bonchev–Trinajstić information content (AvgIpc) is 3.20. The van der Waals surface area contributed by atoms with E-state index in [0.29, 0.717) is 30.2 Å². The lowest BCUT2D eigenvalue weighted by Crippen LogP contribution is -2.39. The molecule has 0 bridgehead atoms. The summed E-state index contributed by atoms with van der Waals surface area (Å²) in [5.41, 5.74) is -0.238. The molecule has 0 amide bonds. The number of nitrogens with zero attached hydrogens (tertiary/aromatic N) is 6. The maximum Gasteiger partial charge on any atom is 0.332 e. The van der Waals surface area contributed by atoms with Crippen molar-refractivity contribution in [3.63, 3.8) is 0 Å². The van der Waals surface area contributed by atoms with Crippen molar-refractivity contribution in [1.82, 2.24) is 33.8 Å². The summed E-state index contributed by atoms with van der Waals surface area (Å²) in [4.78, 5) is 34.6. The third kappa shape index (κ3) is 6.25. The smallest absolute Gasteiger partial charge is 0.332 e.